The van der Waals surface area contributed by atoms with Gasteiger partial charge < -0.3 is 15.0 Å². The fraction of sp³-hybridized carbons (Fsp3) is 0.579. The lowest BCUT2D eigenvalue weighted by Crippen LogP contribution is -2.45. The minimum atomic E-state index is -0.635. The van der Waals surface area contributed by atoms with Gasteiger partial charge >= 0.3 is 5.97 Å². The first-order valence-corrected chi connectivity index (χ1v) is 9.91. The maximum absolute atomic E-state index is 12.3. The van der Waals surface area contributed by atoms with Crippen molar-refractivity contribution in [3.8, 4) is 0 Å². The molecule has 0 aliphatic carbocycles. The Labute approximate surface area is 166 Å². The molecule has 0 saturated heterocycles. The van der Waals surface area contributed by atoms with E-state index in [2.05, 4.69) is 10.2 Å². The number of hydrogen-bond donors (Lipinski definition) is 1. The minimum Gasteiger partial charge on any atom is -0.464 e. The first-order chi connectivity index (χ1) is 12.4. The summed E-state index contributed by atoms with van der Waals surface area (Å²) in [6.45, 7) is 7.21. The SMILES string of the molecule is CCOC(=O)[C@@H](NC(=O)Cc1ccc(N(CCCl)CCCl)cc1)C(C)C. The number of ether oxygens (including phenoxy) is 1. The van der Waals surface area contributed by atoms with E-state index >= 15 is 0 Å². The summed E-state index contributed by atoms with van der Waals surface area (Å²) in [7, 11) is 0. The van der Waals surface area contributed by atoms with E-state index in [1.54, 1.807) is 6.92 Å². The lowest BCUT2D eigenvalue weighted by atomic mass is 10.0. The van der Waals surface area contributed by atoms with Crippen LogP contribution in [0.15, 0.2) is 24.3 Å². The van der Waals surface area contributed by atoms with Gasteiger partial charge in [-0.25, -0.2) is 4.79 Å². The van der Waals surface area contributed by atoms with Crippen LogP contribution in [0.5, 0.6) is 0 Å². The first-order valence-electron chi connectivity index (χ1n) is 8.84. The van der Waals surface area contributed by atoms with Crippen LogP contribution in [0.25, 0.3) is 0 Å². The van der Waals surface area contributed by atoms with Crippen molar-refractivity contribution in [1.29, 1.82) is 0 Å². The zero-order valence-electron chi connectivity index (χ0n) is 15.6. The molecule has 0 bridgehead atoms. The zero-order chi connectivity index (χ0) is 19.5. The van der Waals surface area contributed by atoms with Gasteiger partial charge in [-0.05, 0) is 30.5 Å². The summed E-state index contributed by atoms with van der Waals surface area (Å²) in [4.78, 5) is 26.3. The van der Waals surface area contributed by atoms with Crippen LogP contribution in [0.1, 0.15) is 26.3 Å². The minimum absolute atomic E-state index is 0.0416. The van der Waals surface area contributed by atoms with Gasteiger partial charge in [0.05, 0.1) is 13.0 Å². The predicted molar refractivity (Wildman–Crippen MR) is 107 cm³/mol. The van der Waals surface area contributed by atoms with E-state index in [-0.39, 0.29) is 18.2 Å². The Balaban J connectivity index is 2.70. The standard InChI is InChI=1S/C19H28Cl2N2O3/c1-4-26-19(25)18(14(2)3)22-17(24)13-15-5-7-16(8-6-15)23(11-9-20)12-10-21/h5-8,14,18H,4,9-13H2,1-3H3,(H,22,24)/t18-/m0/s1. The molecule has 0 unspecified atom stereocenters. The van der Waals surface area contributed by atoms with Gasteiger partial charge in [0, 0.05) is 30.5 Å². The van der Waals surface area contributed by atoms with E-state index in [4.69, 9.17) is 27.9 Å². The molecule has 0 heterocycles. The number of halogens is 2. The van der Waals surface area contributed by atoms with Crippen LogP contribution in [-0.2, 0) is 20.7 Å². The molecule has 146 valence electrons. The van der Waals surface area contributed by atoms with Crippen molar-refractivity contribution >= 4 is 40.8 Å². The molecule has 0 spiro atoms. The van der Waals surface area contributed by atoms with Crippen LogP contribution in [-0.4, -0.2) is 49.4 Å². The van der Waals surface area contributed by atoms with Crippen LogP contribution >= 0.6 is 23.2 Å². The van der Waals surface area contributed by atoms with Crippen molar-refractivity contribution in [2.24, 2.45) is 5.92 Å². The molecule has 1 aromatic carbocycles. The Morgan fingerprint density at radius 2 is 1.69 bits per heavy atom. The summed E-state index contributed by atoms with van der Waals surface area (Å²) in [5, 5.41) is 2.77. The molecule has 0 aromatic heterocycles. The monoisotopic (exact) mass is 402 g/mol. The third-order valence-electron chi connectivity index (χ3n) is 3.90. The summed E-state index contributed by atoms with van der Waals surface area (Å²) in [6, 6.07) is 7.07. The van der Waals surface area contributed by atoms with E-state index in [0.29, 0.717) is 31.5 Å². The highest BCUT2D eigenvalue weighted by Gasteiger charge is 2.25. The fourth-order valence-electron chi connectivity index (χ4n) is 2.54. The van der Waals surface area contributed by atoms with E-state index in [1.165, 1.54) is 0 Å². The molecule has 1 N–H and O–H groups in total. The first kappa shape index (κ1) is 22.6. The highest BCUT2D eigenvalue weighted by molar-refractivity contribution is 6.18. The van der Waals surface area contributed by atoms with Gasteiger partial charge in [0.2, 0.25) is 5.91 Å². The topological polar surface area (TPSA) is 58.6 Å². The van der Waals surface area contributed by atoms with Gasteiger partial charge in [0.25, 0.3) is 0 Å². The molecular formula is C19H28Cl2N2O3. The van der Waals surface area contributed by atoms with E-state index < -0.39 is 12.0 Å². The van der Waals surface area contributed by atoms with Crippen molar-refractivity contribution in [3.05, 3.63) is 29.8 Å². The number of carbonyl (C=O) groups excluding carboxylic acids is 2. The lowest BCUT2D eigenvalue weighted by molar-refractivity contribution is -0.148. The smallest absolute Gasteiger partial charge is 0.328 e. The van der Waals surface area contributed by atoms with Crippen molar-refractivity contribution in [2.45, 2.75) is 33.2 Å². The van der Waals surface area contributed by atoms with Crippen molar-refractivity contribution < 1.29 is 14.3 Å². The molecule has 5 nitrogen and oxygen atoms in total. The highest BCUT2D eigenvalue weighted by Crippen LogP contribution is 2.16. The molecule has 1 atom stereocenters. The molecule has 7 heteroatoms. The van der Waals surface area contributed by atoms with Gasteiger partial charge in [-0.15, -0.1) is 23.2 Å². The molecule has 1 rings (SSSR count). The lowest BCUT2D eigenvalue weighted by Gasteiger charge is -2.23. The highest BCUT2D eigenvalue weighted by atomic mass is 35.5. The van der Waals surface area contributed by atoms with Crippen molar-refractivity contribution in [1.82, 2.24) is 5.32 Å². The van der Waals surface area contributed by atoms with Crippen LogP contribution in [0, 0.1) is 5.92 Å². The average molecular weight is 403 g/mol. The Kier molecular flexibility index (Phi) is 10.4. The third kappa shape index (κ3) is 7.42. The number of esters is 1. The number of anilines is 1. The van der Waals surface area contributed by atoms with Crippen LogP contribution in [0.4, 0.5) is 5.69 Å². The zero-order valence-corrected chi connectivity index (χ0v) is 17.1. The average Bonchev–Trinajstić information content (AvgIpc) is 2.60. The summed E-state index contributed by atoms with van der Waals surface area (Å²) in [5.41, 5.74) is 1.89. The second kappa shape index (κ2) is 12.0. The van der Waals surface area contributed by atoms with Gasteiger partial charge in [-0.1, -0.05) is 26.0 Å². The molecule has 0 radical (unpaired) electrons. The Bertz CT molecular complexity index is 558. The number of nitrogens with one attached hydrogen (secondary N) is 1. The van der Waals surface area contributed by atoms with Crippen molar-refractivity contribution in [3.63, 3.8) is 0 Å². The number of nitrogens with zero attached hydrogens (tertiary/aromatic N) is 1. The maximum atomic E-state index is 12.3. The van der Waals surface area contributed by atoms with Crippen LogP contribution in [0.2, 0.25) is 0 Å². The van der Waals surface area contributed by atoms with Gasteiger partial charge in [-0.3, -0.25) is 4.79 Å². The van der Waals surface area contributed by atoms with E-state index in [1.807, 2.05) is 38.1 Å². The second-order valence-corrected chi connectivity index (χ2v) is 7.01. The third-order valence-corrected chi connectivity index (χ3v) is 4.24. The summed E-state index contributed by atoms with van der Waals surface area (Å²) < 4.78 is 5.02. The van der Waals surface area contributed by atoms with E-state index in [0.717, 1.165) is 11.3 Å². The van der Waals surface area contributed by atoms with Gasteiger partial charge in [0.15, 0.2) is 0 Å². The molecule has 0 fully saturated rings. The number of alkyl halides is 2. The molecule has 0 saturated carbocycles. The second-order valence-electron chi connectivity index (χ2n) is 6.25. The quantitative estimate of drug-likeness (QED) is 0.455. The Morgan fingerprint density at radius 3 is 2.15 bits per heavy atom. The van der Waals surface area contributed by atoms with Crippen LogP contribution < -0.4 is 10.2 Å². The maximum Gasteiger partial charge on any atom is 0.328 e. The Hall–Kier alpha value is -1.46. The molecule has 26 heavy (non-hydrogen) atoms. The largest absolute Gasteiger partial charge is 0.464 e. The molecule has 0 aliphatic rings. The summed E-state index contributed by atoms with van der Waals surface area (Å²) in [5.74, 6) is 0.392. The fourth-order valence-corrected chi connectivity index (χ4v) is 2.95. The Morgan fingerprint density at radius 1 is 1.12 bits per heavy atom. The normalized spacial score (nSPS) is 11.9. The number of benzene rings is 1. The van der Waals surface area contributed by atoms with Crippen molar-refractivity contribution in [2.75, 3.05) is 36.4 Å². The van der Waals surface area contributed by atoms with E-state index in [9.17, 15) is 9.59 Å². The molecule has 1 amide bonds. The molecular weight excluding hydrogens is 375 g/mol. The predicted octanol–water partition coefficient (Wildman–Crippen LogP) is 3.22. The van der Waals surface area contributed by atoms with Gasteiger partial charge in [-0.2, -0.15) is 0 Å². The molecule has 0 aliphatic heterocycles. The number of rotatable bonds is 11. The number of amides is 1. The number of hydrogen-bond acceptors (Lipinski definition) is 4. The number of carbonyl (C=O) groups is 2. The summed E-state index contributed by atoms with van der Waals surface area (Å²) >= 11 is 11.7. The van der Waals surface area contributed by atoms with Gasteiger partial charge in [0.1, 0.15) is 6.04 Å². The molecule has 1 aromatic rings. The van der Waals surface area contributed by atoms with Crippen LogP contribution in [0.3, 0.4) is 0 Å². The summed E-state index contributed by atoms with van der Waals surface area (Å²) in [6.07, 6.45) is 0.202.